The first-order valence-corrected chi connectivity index (χ1v) is 6.61. The van der Waals surface area contributed by atoms with Crippen LogP contribution in [-0.4, -0.2) is 29.2 Å². The highest BCUT2D eigenvalue weighted by Crippen LogP contribution is 2.25. The first-order valence-electron chi connectivity index (χ1n) is 6.61. The molecule has 1 aliphatic heterocycles. The van der Waals surface area contributed by atoms with E-state index in [1.165, 1.54) is 23.9 Å². The van der Waals surface area contributed by atoms with Crippen LogP contribution in [0, 0.1) is 0 Å². The fourth-order valence-electron chi connectivity index (χ4n) is 2.94. The van der Waals surface area contributed by atoms with Crippen LogP contribution in [0.3, 0.4) is 0 Å². The van der Waals surface area contributed by atoms with Crippen LogP contribution in [0.25, 0.3) is 11.0 Å². The Morgan fingerprint density at radius 1 is 1.50 bits per heavy atom. The van der Waals surface area contributed by atoms with Gasteiger partial charge in [0.1, 0.15) is 0 Å². The zero-order valence-corrected chi connectivity index (χ0v) is 11.0. The van der Waals surface area contributed by atoms with Crippen molar-refractivity contribution in [3.05, 3.63) is 30.1 Å². The van der Waals surface area contributed by atoms with Gasteiger partial charge in [0.2, 0.25) is 0 Å². The number of fused-ring (bicyclic) bond motifs is 1. The molecule has 2 N–H and O–H groups in total. The Morgan fingerprint density at radius 3 is 3.11 bits per heavy atom. The second-order valence-corrected chi connectivity index (χ2v) is 5.07. The molecule has 0 amide bonds. The van der Waals surface area contributed by atoms with E-state index in [4.69, 9.17) is 0 Å². The van der Waals surface area contributed by atoms with E-state index in [1.54, 1.807) is 0 Å². The van der Waals surface area contributed by atoms with Crippen molar-refractivity contribution in [3.63, 3.8) is 0 Å². The lowest BCUT2D eigenvalue weighted by Crippen LogP contribution is -2.36. The van der Waals surface area contributed by atoms with Crippen LogP contribution < -0.4 is 10.6 Å². The van der Waals surface area contributed by atoms with Crippen LogP contribution in [0.1, 0.15) is 24.4 Å². The molecule has 0 spiro atoms. The minimum absolute atomic E-state index is 0.374. The molecule has 18 heavy (non-hydrogen) atoms. The molecule has 1 aromatic heterocycles. The van der Waals surface area contributed by atoms with Crippen molar-refractivity contribution in [2.45, 2.75) is 24.9 Å². The molecule has 0 bridgehead atoms. The normalized spacial score (nSPS) is 21.6. The molecule has 2 unspecified atom stereocenters. The van der Waals surface area contributed by atoms with E-state index >= 15 is 0 Å². The number of imidazole rings is 1. The molecule has 1 saturated heterocycles. The number of nitrogens with one attached hydrogen (secondary N) is 2. The van der Waals surface area contributed by atoms with Gasteiger partial charge in [-0.1, -0.05) is 6.07 Å². The number of hydrogen-bond donors (Lipinski definition) is 2. The number of aromatic nitrogens is 2. The molecule has 4 heteroatoms. The average Bonchev–Trinajstić information content (AvgIpc) is 3.01. The summed E-state index contributed by atoms with van der Waals surface area (Å²) in [5.74, 6) is 0. The summed E-state index contributed by atoms with van der Waals surface area (Å²) in [6, 6.07) is 7.49. The maximum atomic E-state index is 4.44. The van der Waals surface area contributed by atoms with Crippen LogP contribution in [0.15, 0.2) is 24.5 Å². The summed E-state index contributed by atoms with van der Waals surface area (Å²) in [5.41, 5.74) is 3.59. The standard InChI is InChI=1S/C14H20N4/c1-15-14(11-4-3-7-16-11)10-5-6-13-12(8-10)17-9-18(13)2/h5-6,8-9,11,14-16H,3-4,7H2,1-2H3. The second kappa shape index (κ2) is 4.71. The summed E-state index contributed by atoms with van der Waals surface area (Å²) in [4.78, 5) is 4.44. The van der Waals surface area contributed by atoms with Gasteiger partial charge in [0, 0.05) is 19.1 Å². The lowest BCUT2D eigenvalue weighted by molar-refractivity contribution is 0.441. The van der Waals surface area contributed by atoms with Gasteiger partial charge < -0.3 is 15.2 Å². The number of rotatable bonds is 3. The molecule has 2 aromatic rings. The van der Waals surface area contributed by atoms with Crippen LogP contribution in [0.2, 0.25) is 0 Å². The summed E-state index contributed by atoms with van der Waals surface area (Å²) in [7, 11) is 4.07. The van der Waals surface area contributed by atoms with Gasteiger partial charge in [-0.15, -0.1) is 0 Å². The van der Waals surface area contributed by atoms with Gasteiger partial charge in [0.05, 0.1) is 17.4 Å². The van der Waals surface area contributed by atoms with Gasteiger partial charge in [0.25, 0.3) is 0 Å². The number of aryl methyl sites for hydroxylation is 1. The lowest BCUT2D eigenvalue weighted by atomic mass is 9.98. The predicted octanol–water partition coefficient (Wildman–Crippen LogP) is 1.59. The van der Waals surface area contributed by atoms with Gasteiger partial charge in [-0.05, 0) is 44.1 Å². The van der Waals surface area contributed by atoms with E-state index in [1.807, 2.05) is 20.4 Å². The van der Waals surface area contributed by atoms with Crippen LogP contribution >= 0.6 is 0 Å². The third-order valence-corrected chi connectivity index (χ3v) is 3.92. The Kier molecular flexibility index (Phi) is 3.06. The highest BCUT2D eigenvalue weighted by Gasteiger charge is 2.24. The van der Waals surface area contributed by atoms with Crippen molar-refractivity contribution in [2.75, 3.05) is 13.6 Å². The van der Waals surface area contributed by atoms with Crippen molar-refractivity contribution in [1.82, 2.24) is 20.2 Å². The molecule has 1 aliphatic rings. The quantitative estimate of drug-likeness (QED) is 0.861. The van der Waals surface area contributed by atoms with Crippen LogP contribution in [-0.2, 0) is 7.05 Å². The van der Waals surface area contributed by atoms with E-state index in [0.29, 0.717) is 12.1 Å². The maximum absolute atomic E-state index is 4.44. The molecule has 0 radical (unpaired) electrons. The van der Waals surface area contributed by atoms with E-state index in [2.05, 4.69) is 38.4 Å². The summed E-state index contributed by atoms with van der Waals surface area (Å²) in [6.07, 6.45) is 4.39. The SMILES string of the molecule is CNC(c1ccc2c(c1)ncn2C)C1CCCN1. The van der Waals surface area contributed by atoms with Gasteiger partial charge in [-0.25, -0.2) is 4.98 Å². The predicted molar refractivity (Wildman–Crippen MR) is 73.5 cm³/mol. The topological polar surface area (TPSA) is 41.9 Å². The minimum Gasteiger partial charge on any atom is -0.334 e. The van der Waals surface area contributed by atoms with Crippen molar-refractivity contribution < 1.29 is 0 Å². The van der Waals surface area contributed by atoms with Gasteiger partial charge in [-0.3, -0.25) is 0 Å². The smallest absolute Gasteiger partial charge is 0.0955 e. The average molecular weight is 244 g/mol. The molecule has 2 heterocycles. The maximum Gasteiger partial charge on any atom is 0.0955 e. The van der Waals surface area contributed by atoms with Crippen LogP contribution in [0.5, 0.6) is 0 Å². The van der Waals surface area contributed by atoms with E-state index < -0.39 is 0 Å². The molecular formula is C14H20N4. The van der Waals surface area contributed by atoms with E-state index in [9.17, 15) is 0 Å². The third kappa shape index (κ3) is 1.91. The summed E-state index contributed by atoms with van der Waals surface area (Å²) in [5, 5.41) is 7.01. The fraction of sp³-hybridized carbons (Fsp3) is 0.500. The molecule has 2 atom stereocenters. The summed E-state index contributed by atoms with van der Waals surface area (Å²) in [6.45, 7) is 1.13. The van der Waals surface area contributed by atoms with Crippen molar-refractivity contribution in [2.24, 2.45) is 7.05 Å². The molecule has 1 fully saturated rings. The molecule has 96 valence electrons. The minimum atomic E-state index is 0.374. The Balaban J connectivity index is 1.96. The monoisotopic (exact) mass is 244 g/mol. The highest BCUT2D eigenvalue weighted by atomic mass is 15.0. The molecular weight excluding hydrogens is 224 g/mol. The molecule has 3 rings (SSSR count). The van der Waals surface area contributed by atoms with Crippen molar-refractivity contribution in [3.8, 4) is 0 Å². The number of hydrogen-bond acceptors (Lipinski definition) is 3. The largest absolute Gasteiger partial charge is 0.334 e. The lowest BCUT2D eigenvalue weighted by Gasteiger charge is -2.23. The number of likely N-dealkylation sites (N-methyl/N-ethyl adjacent to an activating group) is 1. The molecule has 0 saturated carbocycles. The van der Waals surface area contributed by atoms with Gasteiger partial charge >= 0.3 is 0 Å². The van der Waals surface area contributed by atoms with Crippen molar-refractivity contribution >= 4 is 11.0 Å². The number of benzene rings is 1. The van der Waals surface area contributed by atoms with Gasteiger partial charge in [0.15, 0.2) is 0 Å². The van der Waals surface area contributed by atoms with Crippen LogP contribution in [0.4, 0.5) is 0 Å². The Hall–Kier alpha value is -1.39. The molecule has 4 nitrogen and oxygen atoms in total. The van der Waals surface area contributed by atoms with Gasteiger partial charge in [-0.2, -0.15) is 0 Å². The van der Waals surface area contributed by atoms with Crippen molar-refractivity contribution in [1.29, 1.82) is 0 Å². The zero-order chi connectivity index (χ0) is 12.5. The Labute approximate surface area is 107 Å². The van der Waals surface area contributed by atoms with E-state index in [-0.39, 0.29) is 0 Å². The third-order valence-electron chi connectivity index (χ3n) is 3.92. The first kappa shape index (κ1) is 11.7. The van der Waals surface area contributed by atoms with E-state index in [0.717, 1.165) is 12.1 Å². The Morgan fingerprint density at radius 2 is 2.39 bits per heavy atom. The second-order valence-electron chi connectivity index (χ2n) is 5.07. The number of nitrogens with zero attached hydrogens (tertiary/aromatic N) is 2. The summed E-state index contributed by atoms with van der Waals surface area (Å²) >= 11 is 0. The molecule has 0 aliphatic carbocycles. The Bertz CT molecular complexity index is 540. The molecule has 1 aromatic carbocycles. The fourth-order valence-corrected chi connectivity index (χ4v) is 2.94. The zero-order valence-electron chi connectivity index (χ0n) is 11.0. The first-order chi connectivity index (χ1) is 8.79. The highest BCUT2D eigenvalue weighted by molar-refractivity contribution is 5.76. The summed E-state index contributed by atoms with van der Waals surface area (Å²) < 4.78 is 2.06.